The van der Waals surface area contributed by atoms with Crippen molar-refractivity contribution >= 4 is 40.3 Å². The van der Waals surface area contributed by atoms with Crippen LogP contribution in [0.1, 0.15) is 32.4 Å². The maximum absolute atomic E-state index is 12.1. The topological polar surface area (TPSA) is 132 Å². The van der Waals surface area contributed by atoms with Crippen molar-refractivity contribution in [3.63, 3.8) is 0 Å². The van der Waals surface area contributed by atoms with E-state index in [9.17, 15) is 19.2 Å². The van der Waals surface area contributed by atoms with Crippen molar-refractivity contribution < 1.29 is 23.9 Å². The molecular weight excluding hydrogens is 348 g/mol. The molecule has 0 spiro atoms. The fourth-order valence-corrected chi connectivity index (χ4v) is 3.24. The fraction of sp³-hybridized carbons (Fsp3) is 0.533. The molecule has 3 N–H and O–H groups in total. The number of esters is 1. The van der Waals surface area contributed by atoms with Crippen LogP contribution < -0.4 is 16.0 Å². The van der Waals surface area contributed by atoms with Gasteiger partial charge < -0.3 is 10.5 Å². The van der Waals surface area contributed by atoms with E-state index in [1.165, 1.54) is 11.3 Å². The van der Waals surface area contributed by atoms with Crippen LogP contribution in [0, 0.1) is 5.92 Å². The summed E-state index contributed by atoms with van der Waals surface area (Å²) in [4.78, 5) is 52.3. The van der Waals surface area contributed by atoms with E-state index in [-0.39, 0.29) is 18.2 Å². The summed E-state index contributed by atoms with van der Waals surface area (Å²) >= 11 is 1.28. The van der Waals surface area contributed by atoms with Crippen LogP contribution in [0.25, 0.3) is 0 Å². The Kier molecular flexibility index (Phi) is 6.07. The molecule has 25 heavy (non-hydrogen) atoms. The molecule has 136 valence electrons. The largest absolute Gasteiger partial charge is 0.452 e. The third kappa shape index (κ3) is 4.99. The summed E-state index contributed by atoms with van der Waals surface area (Å²) in [6.07, 6.45) is 0.0345. The lowest BCUT2D eigenvalue weighted by molar-refractivity contribution is -0.157. The summed E-state index contributed by atoms with van der Waals surface area (Å²) in [5, 5.41) is 4.13. The van der Waals surface area contributed by atoms with Gasteiger partial charge in [-0.05, 0) is 12.3 Å². The first-order valence-electron chi connectivity index (χ1n) is 7.82. The smallest absolute Gasteiger partial charge is 0.318 e. The Morgan fingerprint density at radius 2 is 2.16 bits per heavy atom. The number of nitrogens with one attached hydrogen (secondary N) is 1. The van der Waals surface area contributed by atoms with Crippen LogP contribution in [0.2, 0.25) is 0 Å². The van der Waals surface area contributed by atoms with E-state index in [1.807, 2.05) is 5.32 Å². The number of nitrogens with zero attached hydrogens (tertiary/aromatic N) is 2. The molecule has 1 aromatic heterocycles. The van der Waals surface area contributed by atoms with E-state index in [2.05, 4.69) is 4.98 Å². The zero-order chi connectivity index (χ0) is 18.6. The minimum absolute atomic E-state index is 0.0199. The zero-order valence-electron chi connectivity index (χ0n) is 14.0. The number of carbonyl (C=O) groups is 4. The number of amides is 4. The van der Waals surface area contributed by atoms with Gasteiger partial charge in [0.25, 0.3) is 5.91 Å². The Balaban J connectivity index is 1.96. The first-order valence-corrected chi connectivity index (χ1v) is 8.70. The number of aromatic nitrogens is 1. The summed E-state index contributed by atoms with van der Waals surface area (Å²) < 4.78 is 5.16. The Morgan fingerprint density at radius 1 is 1.44 bits per heavy atom. The number of primary amides is 1. The molecular formula is C15H20N4O5S. The molecule has 1 aliphatic rings. The predicted octanol–water partition coefficient (Wildman–Crippen LogP) is 0.575. The molecule has 9 nitrogen and oxygen atoms in total. The average molecular weight is 368 g/mol. The van der Waals surface area contributed by atoms with E-state index in [4.69, 9.17) is 10.5 Å². The SMILES string of the molecule is CC(C)[C@H](OC(=O)Cc1csc(N2CCCC2=O)n1)C(=O)NC(N)=O. The van der Waals surface area contributed by atoms with Crippen LogP contribution >= 0.6 is 11.3 Å². The van der Waals surface area contributed by atoms with Gasteiger partial charge in [-0.3, -0.25) is 24.6 Å². The average Bonchev–Trinajstić information content (AvgIpc) is 3.12. The Hall–Kier alpha value is -2.49. The highest BCUT2D eigenvalue weighted by Gasteiger charge is 2.28. The third-order valence-electron chi connectivity index (χ3n) is 3.54. The van der Waals surface area contributed by atoms with Crippen molar-refractivity contribution in [3.05, 3.63) is 11.1 Å². The standard InChI is InChI=1S/C15H20N4O5S/c1-8(2)12(13(22)18-14(16)23)24-11(21)6-9-7-25-15(17-9)19-5-3-4-10(19)20/h7-8,12H,3-6H2,1-2H3,(H3,16,18,22,23)/t12-/m0/s1. The minimum Gasteiger partial charge on any atom is -0.452 e. The minimum atomic E-state index is -1.13. The maximum atomic E-state index is 12.1. The molecule has 1 saturated heterocycles. The van der Waals surface area contributed by atoms with Crippen LogP contribution in [-0.4, -0.2) is 41.4 Å². The van der Waals surface area contributed by atoms with Gasteiger partial charge in [-0.2, -0.15) is 0 Å². The summed E-state index contributed by atoms with van der Waals surface area (Å²) in [7, 11) is 0. The molecule has 4 amide bonds. The maximum Gasteiger partial charge on any atom is 0.318 e. The number of anilines is 1. The molecule has 0 saturated carbocycles. The lowest BCUT2D eigenvalue weighted by Gasteiger charge is -2.19. The Morgan fingerprint density at radius 3 is 2.72 bits per heavy atom. The Labute approximate surface area is 148 Å². The van der Waals surface area contributed by atoms with Crippen molar-refractivity contribution in [2.75, 3.05) is 11.4 Å². The van der Waals surface area contributed by atoms with Crippen molar-refractivity contribution in [1.82, 2.24) is 10.3 Å². The third-order valence-corrected chi connectivity index (χ3v) is 4.45. The van der Waals surface area contributed by atoms with Gasteiger partial charge in [-0.25, -0.2) is 9.78 Å². The molecule has 0 aliphatic carbocycles. The van der Waals surface area contributed by atoms with Gasteiger partial charge >= 0.3 is 12.0 Å². The molecule has 0 unspecified atom stereocenters. The van der Waals surface area contributed by atoms with Crippen molar-refractivity contribution in [2.24, 2.45) is 11.7 Å². The first-order chi connectivity index (χ1) is 11.8. The van der Waals surface area contributed by atoms with Crippen LogP contribution in [0.3, 0.4) is 0 Å². The molecule has 2 rings (SSSR count). The number of hydrogen-bond acceptors (Lipinski definition) is 7. The summed E-state index contributed by atoms with van der Waals surface area (Å²) in [6, 6.07) is -1.01. The van der Waals surface area contributed by atoms with Crippen molar-refractivity contribution in [3.8, 4) is 0 Å². The van der Waals surface area contributed by atoms with Crippen LogP contribution in [-0.2, 0) is 25.5 Å². The monoisotopic (exact) mass is 368 g/mol. The van der Waals surface area contributed by atoms with Crippen LogP contribution in [0.5, 0.6) is 0 Å². The molecule has 0 bridgehead atoms. The second kappa shape index (κ2) is 8.06. The normalized spacial score (nSPS) is 15.3. The van der Waals surface area contributed by atoms with Gasteiger partial charge in [-0.1, -0.05) is 13.8 Å². The van der Waals surface area contributed by atoms with Gasteiger partial charge in [0.05, 0.1) is 12.1 Å². The van der Waals surface area contributed by atoms with E-state index in [1.54, 1.807) is 24.1 Å². The molecule has 2 heterocycles. The predicted molar refractivity (Wildman–Crippen MR) is 89.8 cm³/mol. The number of nitrogens with two attached hydrogens (primary N) is 1. The van der Waals surface area contributed by atoms with Crippen molar-refractivity contribution in [2.45, 2.75) is 39.2 Å². The van der Waals surface area contributed by atoms with Crippen molar-refractivity contribution in [1.29, 1.82) is 0 Å². The molecule has 10 heteroatoms. The van der Waals surface area contributed by atoms with Gasteiger partial charge in [0, 0.05) is 18.3 Å². The quantitative estimate of drug-likeness (QED) is 0.706. The van der Waals surface area contributed by atoms with E-state index < -0.39 is 24.0 Å². The highest BCUT2D eigenvalue weighted by atomic mass is 32.1. The van der Waals surface area contributed by atoms with Gasteiger partial charge in [0.2, 0.25) is 5.91 Å². The number of ether oxygens (including phenoxy) is 1. The van der Waals surface area contributed by atoms with E-state index >= 15 is 0 Å². The number of rotatable bonds is 6. The summed E-state index contributed by atoms with van der Waals surface area (Å²) in [5.41, 5.74) is 5.37. The molecule has 1 fully saturated rings. The van der Waals surface area contributed by atoms with Gasteiger partial charge in [0.1, 0.15) is 0 Å². The van der Waals surface area contributed by atoms with Gasteiger partial charge in [-0.15, -0.1) is 11.3 Å². The number of thiazole rings is 1. The first kappa shape index (κ1) is 18.8. The number of hydrogen-bond donors (Lipinski definition) is 2. The summed E-state index contributed by atoms with van der Waals surface area (Å²) in [6.45, 7) is 3.98. The lowest BCUT2D eigenvalue weighted by atomic mass is 10.1. The van der Waals surface area contributed by atoms with Crippen LogP contribution in [0.4, 0.5) is 9.93 Å². The van der Waals surface area contributed by atoms with Gasteiger partial charge in [0.15, 0.2) is 11.2 Å². The molecule has 1 aromatic rings. The Bertz CT molecular complexity index is 687. The number of urea groups is 1. The second-order valence-corrected chi connectivity index (χ2v) is 6.79. The van der Waals surface area contributed by atoms with E-state index in [0.29, 0.717) is 23.8 Å². The molecule has 0 aromatic carbocycles. The second-order valence-electron chi connectivity index (χ2n) is 5.96. The zero-order valence-corrected chi connectivity index (χ0v) is 14.8. The molecule has 0 radical (unpaired) electrons. The number of imide groups is 1. The lowest BCUT2D eigenvalue weighted by Crippen LogP contribution is -2.45. The number of carbonyl (C=O) groups excluding carboxylic acids is 4. The molecule has 1 atom stereocenters. The molecule has 1 aliphatic heterocycles. The highest BCUT2D eigenvalue weighted by Crippen LogP contribution is 2.25. The summed E-state index contributed by atoms with van der Waals surface area (Å²) in [5.74, 6) is -1.73. The highest BCUT2D eigenvalue weighted by molar-refractivity contribution is 7.14. The van der Waals surface area contributed by atoms with E-state index in [0.717, 1.165) is 6.42 Å². The fourth-order valence-electron chi connectivity index (χ4n) is 2.37. The van der Waals surface area contributed by atoms with Crippen LogP contribution in [0.15, 0.2) is 5.38 Å².